The number of anilines is 2. The van der Waals surface area contributed by atoms with Gasteiger partial charge in [-0.1, -0.05) is 0 Å². The van der Waals surface area contributed by atoms with E-state index < -0.39 is 0 Å². The van der Waals surface area contributed by atoms with Crippen molar-refractivity contribution in [3.8, 4) is 0 Å². The second kappa shape index (κ2) is 4.20. The third-order valence-corrected chi connectivity index (χ3v) is 1.22. The fourth-order valence-electron chi connectivity index (χ4n) is 0.682. The molecule has 0 aromatic carbocycles. The summed E-state index contributed by atoms with van der Waals surface area (Å²) in [6, 6.07) is 0. The Morgan fingerprint density at radius 2 is 2.18 bits per heavy atom. The highest BCUT2D eigenvalue weighted by Crippen LogP contribution is 2.11. The van der Waals surface area contributed by atoms with E-state index in [9.17, 15) is 0 Å². The number of nitrogen functional groups attached to an aromatic ring is 2. The van der Waals surface area contributed by atoms with Gasteiger partial charge < -0.3 is 16.6 Å². The normalized spacial score (nSPS) is 9.18. The van der Waals surface area contributed by atoms with E-state index in [1.165, 1.54) is 10.9 Å². The first-order valence-electron chi connectivity index (χ1n) is 2.93. The summed E-state index contributed by atoms with van der Waals surface area (Å²) >= 11 is 0. The van der Waals surface area contributed by atoms with Crippen molar-refractivity contribution in [2.75, 3.05) is 18.1 Å². The molecule has 5 nitrogen and oxygen atoms in total. The number of aliphatic hydroxyl groups is 1. The summed E-state index contributed by atoms with van der Waals surface area (Å²) in [5.74, 6) is 0.411. The van der Waals surface area contributed by atoms with Crippen LogP contribution >= 0.6 is 17.0 Å². The Morgan fingerprint density at radius 3 is 2.55 bits per heavy atom. The Kier molecular flexibility index (Phi) is 3.91. The van der Waals surface area contributed by atoms with E-state index in [2.05, 4.69) is 5.10 Å². The minimum atomic E-state index is 0. The average Bonchev–Trinajstić information content (AvgIpc) is 2.20. The van der Waals surface area contributed by atoms with Crippen LogP contribution in [-0.2, 0) is 6.54 Å². The number of aromatic nitrogens is 2. The van der Waals surface area contributed by atoms with Crippen LogP contribution in [0.3, 0.4) is 0 Å². The third-order valence-electron chi connectivity index (χ3n) is 1.22. The summed E-state index contributed by atoms with van der Waals surface area (Å²) in [4.78, 5) is 0. The molecule has 1 aromatic rings. The second-order valence-electron chi connectivity index (χ2n) is 1.93. The van der Waals surface area contributed by atoms with Crippen molar-refractivity contribution in [2.45, 2.75) is 6.54 Å². The van der Waals surface area contributed by atoms with Crippen molar-refractivity contribution in [3.63, 3.8) is 0 Å². The molecular formula is C5H11BrN4O. The molecule has 5 N–H and O–H groups in total. The Balaban J connectivity index is 0.000001000. The first-order valence-corrected chi connectivity index (χ1v) is 2.93. The molecule has 1 aromatic heterocycles. The van der Waals surface area contributed by atoms with Gasteiger partial charge in [0.25, 0.3) is 0 Å². The van der Waals surface area contributed by atoms with Gasteiger partial charge in [0, 0.05) is 0 Å². The molecule has 0 saturated heterocycles. The fourth-order valence-corrected chi connectivity index (χ4v) is 0.682. The van der Waals surface area contributed by atoms with Crippen LogP contribution in [0.1, 0.15) is 0 Å². The largest absolute Gasteiger partial charge is 0.394 e. The molecule has 1 rings (SSSR count). The maximum absolute atomic E-state index is 8.50. The van der Waals surface area contributed by atoms with Gasteiger partial charge in [-0.2, -0.15) is 5.10 Å². The molecule has 1 heterocycles. The summed E-state index contributed by atoms with van der Waals surface area (Å²) in [6.45, 7) is 0.411. The molecule has 0 unspecified atom stereocenters. The van der Waals surface area contributed by atoms with Crippen molar-refractivity contribution in [1.29, 1.82) is 0 Å². The van der Waals surface area contributed by atoms with Gasteiger partial charge in [-0.25, -0.2) is 4.68 Å². The number of hydrogen-bond donors (Lipinski definition) is 3. The maximum atomic E-state index is 8.50. The maximum Gasteiger partial charge on any atom is 0.145 e. The van der Waals surface area contributed by atoms with Gasteiger partial charge in [0.15, 0.2) is 0 Å². The van der Waals surface area contributed by atoms with Crippen LogP contribution in [0.4, 0.5) is 11.5 Å². The van der Waals surface area contributed by atoms with Gasteiger partial charge >= 0.3 is 0 Å². The monoisotopic (exact) mass is 222 g/mol. The van der Waals surface area contributed by atoms with Crippen LogP contribution in [0.15, 0.2) is 6.20 Å². The number of rotatable bonds is 2. The lowest BCUT2D eigenvalue weighted by Gasteiger charge is -1.99. The zero-order valence-corrected chi connectivity index (χ0v) is 7.61. The number of aliphatic hydroxyl groups excluding tert-OH is 1. The number of halogens is 1. The SMILES string of the molecule is Br.Nc1cnn(CCO)c1N. The Labute approximate surface area is 74.8 Å². The summed E-state index contributed by atoms with van der Waals surface area (Å²) in [7, 11) is 0. The number of hydrogen-bond acceptors (Lipinski definition) is 4. The average molecular weight is 223 g/mol. The molecule has 0 saturated carbocycles. The summed E-state index contributed by atoms with van der Waals surface area (Å²) < 4.78 is 1.45. The van der Waals surface area contributed by atoms with Gasteiger partial charge in [0.05, 0.1) is 25.0 Å². The first-order chi connectivity index (χ1) is 4.75. The van der Waals surface area contributed by atoms with Gasteiger partial charge in [-0.15, -0.1) is 17.0 Å². The van der Waals surface area contributed by atoms with E-state index in [0.29, 0.717) is 18.1 Å². The van der Waals surface area contributed by atoms with Crippen LogP contribution in [0.2, 0.25) is 0 Å². The molecule has 64 valence electrons. The highest BCUT2D eigenvalue weighted by molar-refractivity contribution is 8.93. The highest BCUT2D eigenvalue weighted by atomic mass is 79.9. The topological polar surface area (TPSA) is 90.1 Å². The molecule has 0 radical (unpaired) electrons. The lowest BCUT2D eigenvalue weighted by atomic mass is 10.5. The van der Waals surface area contributed by atoms with E-state index in [0.717, 1.165) is 0 Å². The summed E-state index contributed by atoms with van der Waals surface area (Å²) in [5, 5.41) is 12.3. The van der Waals surface area contributed by atoms with Crippen molar-refractivity contribution in [2.24, 2.45) is 0 Å². The predicted octanol–water partition coefficient (Wildman–Crippen LogP) is -0.382. The smallest absolute Gasteiger partial charge is 0.145 e. The minimum Gasteiger partial charge on any atom is -0.394 e. The van der Waals surface area contributed by atoms with Crippen molar-refractivity contribution in [1.82, 2.24) is 9.78 Å². The number of nitrogens with zero attached hydrogens (tertiary/aromatic N) is 2. The molecule has 0 fully saturated rings. The zero-order chi connectivity index (χ0) is 7.56. The molecule has 0 aliphatic rings. The van der Waals surface area contributed by atoms with Gasteiger partial charge in [0.1, 0.15) is 5.82 Å². The molecule has 0 spiro atoms. The van der Waals surface area contributed by atoms with Crippen LogP contribution in [0, 0.1) is 0 Å². The van der Waals surface area contributed by atoms with Gasteiger partial charge in [-0.05, 0) is 0 Å². The molecule has 0 amide bonds. The van der Waals surface area contributed by atoms with Crippen LogP contribution in [0.25, 0.3) is 0 Å². The second-order valence-corrected chi connectivity index (χ2v) is 1.93. The zero-order valence-electron chi connectivity index (χ0n) is 5.90. The molecule has 0 bridgehead atoms. The Morgan fingerprint density at radius 1 is 1.55 bits per heavy atom. The lowest BCUT2D eigenvalue weighted by Crippen LogP contribution is -2.07. The van der Waals surface area contributed by atoms with Crippen LogP contribution < -0.4 is 11.5 Å². The van der Waals surface area contributed by atoms with Gasteiger partial charge in [0.2, 0.25) is 0 Å². The van der Waals surface area contributed by atoms with E-state index in [1.807, 2.05) is 0 Å². The van der Waals surface area contributed by atoms with E-state index in [1.54, 1.807) is 0 Å². The molecule has 6 heteroatoms. The van der Waals surface area contributed by atoms with Crippen molar-refractivity contribution < 1.29 is 5.11 Å². The third kappa shape index (κ3) is 2.09. The van der Waals surface area contributed by atoms with Crippen molar-refractivity contribution in [3.05, 3.63) is 6.20 Å². The molecular weight excluding hydrogens is 212 g/mol. The van der Waals surface area contributed by atoms with E-state index in [-0.39, 0.29) is 23.6 Å². The van der Waals surface area contributed by atoms with E-state index >= 15 is 0 Å². The lowest BCUT2D eigenvalue weighted by molar-refractivity contribution is 0.270. The summed E-state index contributed by atoms with van der Waals surface area (Å²) in [5.41, 5.74) is 11.3. The molecule has 0 atom stereocenters. The molecule has 0 aliphatic carbocycles. The highest BCUT2D eigenvalue weighted by Gasteiger charge is 2.00. The molecule has 11 heavy (non-hydrogen) atoms. The summed E-state index contributed by atoms with van der Waals surface area (Å²) in [6.07, 6.45) is 1.46. The first kappa shape index (κ1) is 10.2. The van der Waals surface area contributed by atoms with Crippen LogP contribution in [0.5, 0.6) is 0 Å². The van der Waals surface area contributed by atoms with Crippen LogP contribution in [-0.4, -0.2) is 21.5 Å². The van der Waals surface area contributed by atoms with Crippen molar-refractivity contribution >= 4 is 28.5 Å². The predicted molar refractivity (Wildman–Crippen MR) is 48.5 cm³/mol. The fraction of sp³-hybridized carbons (Fsp3) is 0.400. The van der Waals surface area contributed by atoms with Gasteiger partial charge in [-0.3, -0.25) is 0 Å². The minimum absolute atomic E-state index is 0. The quantitative estimate of drug-likeness (QED) is 0.637. The Bertz CT molecular complexity index is 224. The Hall–Kier alpha value is -0.750. The van der Waals surface area contributed by atoms with E-state index in [4.69, 9.17) is 16.6 Å². The number of nitrogens with two attached hydrogens (primary N) is 2. The standard InChI is InChI=1S/C5H10N4O.BrH/c6-4-3-8-9(1-2-10)5(4)7;/h3,10H,1-2,6-7H2;1H. The molecule has 0 aliphatic heterocycles.